The highest BCUT2D eigenvalue weighted by molar-refractivity contribution is 6.33. The van der Waals surface area contributed by atoms with Gasteiger partial charge >= 0.3 is 0 Å². The van der Waals surface area contributed by atoms with E-state index in [2.05, 4.69) is 31.2 Å². The molecule has 26 heavy (non-hydrogen) atoms. The van der Waals surface area contributed by atoms with Crippen molar-refractivity contribution in [3.05, 3.63) is 41.1 Å². The molecule has 3 heterocycles. The van der Waals surface area contributed by atoms with Crippen LogP contribution in [0.2, 0.25) is 5.15 Å². The maximum atomic E-state index is 14.4. The van der Waals surface area contributed by atoms with Gasteiger partial charge in [0.25, 0.3) is 5.78 Å². The molecular formula is C15H13ClF3N7. The summed E-state index contributed by atoms with van der Waals surface area (Å²) in [5, 5.41) is 6.99. The minimum atomic E-state index is -1.10. The monoisotopic (exact) mass is 383 g/mol. The van der Waals surface area contributed by atoms with Crippen LogP contribution in [0.15, 0.2) is 18.5 Å². The molecule has 1 saturated heterocycles. The number of hydrogen-bond acceptors (Lipinski definition) is 6. The predicted molar refractivity (Wildman–Crippen MR) is 88.9 cm³/mol. The van der Waals surface area contributed by atoms with E-state index in [0.29, 0.717) is 12.1 Å². The number of hydrogen-bond donors (Lipinski definition) is 3. The number of nitrogens with one attached hydrogen (secondary N) is 3. The SMILES string of the molecule is C[C@@H](Nc1c(-c2c(F)cc(F)cc2F)c(Cl)nc2ncnn12)C1(C)NN1. The first-order valence-electron chi connectivity index (χ1n) is 7.65. The quantitative estimate of drug-likeness (QED) is 0.473. The highest BCUT2D eigenvalue weighted by Crippen LogP contribution is 2.38. The van der Waals surface area contributed by atoms with Crippen molar-refractivity contribution in [1.82, 2.24) is 30.4 Å². The number of nitrogens with zero attached hydrogens (tertiary/aromatic N) is 4. The number of aromatic nitrogens is 4. The number of fused-ring (bicyclic) bond motifs is 1. The molecule has 1 aliphatic heterocycles. The van der Waals surface area contributed by atoms with Crippen molar-refractivity contribution < 1.29 is 13.2 Å². The Hall–Kier alpha value is -2.43. The van der Waals surface area contributed by atoms with E-state index in [-0.39, 0.29) is 28.4 Å². The Morgan fingerprint density at radius 1 is 1.19 bits per heavy atom. The Kier molecular flexibility index (Phi) is 3.79. The smallest absolute Gasteiger partial charge is 0.255 e. The lowest BCUT2D eigenvalue weighted by Crippen LogP contribution is -2.36. The van der Waals surface area contributed by atoms with Crippen LogP contribution in [0, 0.1) is 17.5 Å². The number of hydrazine groups is 1. The lowest BCUT2D eigenvalue weighted by molar-refractivity contribution is 0.547. The van der Waals surface area contributed by atoms with Gasteiger partial charge < -0.3 is 5.32 Å². The van der Waals surface area contributed by atoms with Crippen LogP contribution < -0.4 is 16.2 Å². The molecule has 0 radical (unpaired) electrons. The van der Waals surface area contributed by atoms with Gasteiger partial charge in [0.05, 0.1) is 17.2 Å². The van der Waals surface area contributed by atoms with Crippen molar-refractivity contribution in [3.63, 3.8) is 0 Å². The summed E-state index contributed by atoms with van der Waals surface area (Å²) in [7, 11) is 0. The fourth-order valence-electron chi connectivity index (χ4n) is 2.62. The minimum absolute atomic E-state index is 0.0734. The van der Waals surface area contributed by atoms with Gasteiger partial charge in [0, 0.05) is 12.1 Å². The summed E-state index contributed by atoms with van der Waals surface area (Å²) in [5.41, 5.74) is 4.94. The third-order valence-electron chi connectivity index (χ3n) is 4.38. The maximum Gasteiger partial charge on any atom is 0.255 e. The first-order valence-corrected chi connectivity index (χ1v) is 8.03. The second-order valence-electron chi connectivity index (χ2n) is 6.16. The zero-order chi connectivity index (χ0) is 18.6. The summed E-state index contributed by atoms with van der Waals surface area (Å²) in [6.45, 7) is 3.75. The largest absolute Gasteiger partial charge is 0.364 e. The van der Waals surface area contributed by atoms with Crippen LogP contribution in [0.3, 0.4) is 0 Å². The molecule has 0 aliphatic carbocycles. The molecule has 0 bridgehead atoms. The van der Waals surface area contributed by atoms with E-state index in [0.717, 1.165) is 0 Å². The molecule has 2 aromatic heterocycles. The molecule has 0 unspecified atom stereocenters. The molecule has 0 spiro atoms. The highest BCUT2D eigenvalue weighted by Gasteiger charge is 2.42. The molecule has 1 fully saturated rings. The lowest BCUT2D eigenvalue weighted by Gasteiger charge is -2.22. The Morgan fingerprint density at radius 3 is 2.46 bits per heavy atom. The zero-order valence-corrected chi connectivity index (χ0v) is 14.4. The van der Waals surface area contributed by atoms with Gasteiger partial charge in [0.1, 0.15) is 40.4 Å². The second-order valence-corrected chi connectivity index (χ2v) is 6.52. The Balaban J connectivity index is 1.97. The van der Waals surface area contributed by atoms with Crippen molar-refractivity contribution in [2.45, 2.75) is 25.6 Å². The average molecular weight is 384 g/mol. The van der Waals surface area contributed by atoms with Crippen LogP contribution in [0.1, 0.15) is 13.8 Å². The summed E-state index contributed by atoms with van der Waals surface area (Å²) in [4.78, 5) is 7.98. The van der Waals surface area contributed by atoms with Gasteiger partial charge in [-0.05, 0) is 13.8 Å². The first-order chi connectivity index (χ1) is 12.3. The number of halogens is 4. The summed E-state index contributed by atoms with van der Waals surface area (Å²) in [6, 6.07) is 0.927. The minimum Gasteiger partial charge on any atom is -0.364 e. The fourth-order valence-corrected chi connectivity index (χ4v) is 2.88. The van der Waals surface area contributed by atoms with Crippen molar-refractivity contribution >= 4 is 23.2 Å². The number of anilines is 1. The van der Waals surface area contributed by atoms with E-state index in [1.54, 1.807) is 0 Å². The van der Waals surface area contributed by atoms with E-state index in [4.69, 9.17) is 11.6 Å². The summed E-state index contributed by atoms with van der Waals surface area (Å²) in [5.74, 6) is -2.90. The van der Waals surface area contributed by atoms with Gasteiger partial charge in [-0.2, -0.15) is 19.6 Å². The van der Waals surface area contributed by atoms with E-state index < -0.39 is 28.7 Å². The van der Waals surface area contributed by atoms with Gasteiger partial charge in [-0.1, -0.05) is 11.6 Å². The molecular weight excluding hydrogens is 371 g/mol. The van der Waals surface area contributed by atoms with Gasteiger partial charge in [0.15, 0.2) is 0 Å². The predicted octanol–water partition coefficient (Wildman–Crippen LogP) is 2.49. The van der Waals surface area contributed by atoms with Crippen molar-refractivity contribution in [3.8, 4) is 11.1 Å². The first kappa shape index (κ1) is 17.0. The number of rotatable bonds is 4. The van der Waals surface area contributed by atoms with Gasteiger partial charge in [0.2, 0.25) is 0 Å². The van der Waals surface area contributed by atoms with Gasteiger partial charge in [-0.3, -0.25) is 0 Å². The fraction of sp³-hybridized carbons (Fsp3) is 0.267. The second kappa shape index (κ2) is 5.79. The van der Waals surface area contributed by atoms with Gasteiger partial charge in [-0.25, -0.2) is 24.0 Å². The lowest BCUT2D eigenvalue weighted by atomic mass is 10.0. The normalized spacial score (nSPS) is 16.7. The van der Waals surface area contributed by atoms with Crippen LogP contribution in [0.4, 0.5) is 19.0 Å². The average Bonchev–Trinajstić information content (AvgIpc) is 3.14. The standard InChI is InChI=1S/C15H13ClF3N7/c1-6(15(2)24-25-15)22-13-11(10-8(18)3-7(17)4-9(10)19)12(16)23-14-20-5-21-26(13)14/h3-6,22,24-25H,1-2H3/t6-/m1/s1. The maximum absolute atomic E-state index is 14.4. The van der Waals surface area contributed by atoms with Crippen LogP contribution in [0.5, 0.6) is 0 Å². The molecule has 136 valence electrons. The molecule has 0 amide bonds. The Morgan fingerprint density at radius 2 is 1.85 bits per heavy atom. The molecule has 3 aromatic rings. The van der Waals surface area contributed by atoms with E-state index in [1.807, 2.05) is 13.8 Å². The molecule has 3 N–H and O–H groups in total. The van der Waals surface area contributed by atoms with Crippen molar-refractivity contribution in [1.29, 1.82) is 0 Å². The third-order valence-corrected chi connectivity index (χ3v) is 4.65. The topological polar surface area (TPSA) is 99.0 Å². The molecule has 1 aromatic carbocycles. The van der Waals surface area contributed by atoms with Crippen molar-refractivity contribution in [2.24, 2.45) is 0 Å². The summed E-state index contributed by atoms with van der Waals surface area (Å²) < 4.78 is 43.4. The van der Waals surface area contributed by atoms with Crippen molar-refractivity contribution in [2.75, 3.05) is 5.32 Å². The van der Waals surface area contributed by atoms with Gasteiger partial charge in [-0.15, -0.1) is 0 Å². The number of benzene rings is 1. The Labute approximate surface area is 150 Å². The summed E-state index contributed by atoms with van der Waals surface area (Å²) >= 11 is 6.21. The van der Waals surface area contributed by atoms with E-state index >= 15 is 0 Å². The van der Waals surface area contributed by atoms with Crippen LogP contribution in [0.25, 0.3) is 16.9 Å². The van der Waals surface area contributed by atoms with Crippen LogP contribution >= 0.6 is 11.6 Å². The van der Waals surface area contributed by atoms with Crippen LogP contribution in [-0.4, -0.2) is 31.3 Å². The highest BCUT2D eigenvalue weighted by atomic mass is 35.5. The molecule has 7 nitrogen and oxygen atoms in total. The third kappa shape index (κ3) is 2.66. The van der Waals surface area contributed by atoms with Crippen LogP contribution in [-0.2, 0) is 0 Å². The molecule has 11 heteroatoms. The molecule has 1 atom stereocenters. The zero-order valence-electron chi connectivity index (χ0n) is 13.6. The Bertz CT molecular complexity index is 995. The molecule has 4 rings (SSSR count). The molecule has 1 aliphatic rings. The summed E-state index contributed by atoms with van der Waals surface area (Å²) in [6.07, 6.45) is 1.24. The van der Waals surface area contributed by atoms with E-state index in [1.165, 1.54) is 10.8 Å². The molecule has 0 saturated carbocycles. The van der Waals surface area contributed by atoms with E-state index in [9.17, 15) is 13.2 Å².